The van der Waals surface area contributed by atoms with Gasteiger partial charge in [0, 0.05) is 43.1 Å². The zero-order chi connectivity index (χ0) is 18.8. The highest BCUT2D eigenvalue weighted by Crippen LogP contribution is 2.13. The van der Waals surface area contributed by atoms with E-state index in [-0.39, 0.29) is 20.0 Å². The summed E-state index contributed by atoms with van der Waals surface area (Å²) in [7, 11) is 1.45. The molecule has 1 atom stereocenters. The van der Waals surface area contributed by atoms with Crippen molar-refractivity contribution in [2.45, 2.75) is 12.5 Å². The molecule has 0 bridgehead atoms. The highest BCUT2D eigenvalue weighted by atomic mass is 16.7. The van der Waals surface area contributed by atoms with Gasteiger partial charge in [0.05, 0.1) is 6.33 Å². The van der Waals surface area contributed by atoms with Crippen LogP contribution in [0.2, 0.25) is 0 Å². The van der Waals surface area contributed by atoms with Gasteiger partial charge in [-0.05, 0) is 17.0 Å². The van der Waals surface area contributed by atoms with Crippen LogP contribution < -0.4 is 5.32 Å². The van der Waals surface area contributed by atoms with Crippen molar-refractivity contribution >= 4 is 17.6 Å². The molecule has 0 unspecified atom stereocenters. The first-order valence-corrected chi connectivity index (χ1v) is 7.66. The van der Waals surface area contributed by atoms with Crippen LogP contribution in [0.1, 0.15) is 16.1 Å². The maximum absolute atomic E-state index is 12.4. The molecule has 0 aliphatic heterocycles. The molecule has 1 amide bonds. The van der Waals surface area contributed by atoms with E-state index in [1.54, 1.807) is 30.5 Å². The van der Waals surface area contributed by atoms with Gasteiger partial charge in [-0.3, -0.25) is 4.79 Å². The van der Waals surface area contributed by atoms with Crippen molar-refractivity contribution in [3.8, 4) is 6.57 Å². The molecule has 0 aliphatic carbocycles. The van der Waals surface area contributed by atoms with Gasteiger partial charge in [-0.2, -0.15) is 0 Å². The van der Waals surface area contributed by atoms with Crippen molar-refractivity contribution in [2.24, 2.45) is 0 Å². The molecule has 9 heteroatoms. The smallest absolute Gasteiger partial charge is 0.339 e. The number of imidazole rings is 1. The topological polar surface area (TPSA) is 107 Å². The van der Waals surface area contributed by atoms with E-state index in [9.17, 15) is 9.59 Å². The van der Waals surface area contributed by atoms with Gasteiger partial charge in [0.1, 0.15) is 12.8 Å². The lowest BCUT2D eigenvalue weighted by atomic mass is 10.1. The summed E-state index contributed by atoms with van der Waals surface area (Å²) in [6.45, 7) is 4.88. The molecule has 0 aliphatic rings. The first-order valence-electron chi connectivity index (χ1n) is 7.66. The number of aromatic nitrogens is 2. The van der Waals surface area contributed by atoms with Crippen molar-refractivity contribution in [1.29, 1.82) is 0 Å². The summed E-state index contributed by atoms with van der Waals surface area (Å²) in [5, 5.41) is 2.64. The van der Waals surface area contributed by atoms with E-state index < -0.39 is 17.9 Å². The summed E-state index contributed by atoms with van der Waals surface area (Å²) in [5.74, 6) is -1.08. The molecule has 9 nitrogen and oxygen atoms in total. The third kappa shape index (κ3) is 5.70. The van der Waals surface area contributed by atoms with Crippen LogP contribution in [0.5, 0.6) is 0 Å². The fourth-order valence-corrected chi connectivity index (χ4v) is 2.07. The molecular formula is C17H19N4O5+. The molecule has 1 aromatic carbocycles. The molecule has 0 spiro atoms. The zero-order valence-electron chi connectivity index (χ0n) is 14.2. The van der Waals surface area contributed by atoms with E-state index >= 15 is 0 Å². The van der Waals surface area contributed by atoms with Gasteiger partial charge in [-0.15, -0.1) is 0 Å². The van der Waals surface area contributed by atoms with Crippen LogP contribution in [0.25, 0.3) is 4.85 Å². The second kappa shape index (κ2) is 9.93. The summed E-state index contributed by atoms with van der Waals surface area (Å²) in [5.41, 5.74) is 1.56. The second-order valence-corrected chi connectivity index (χ2v) is 5.17. The van der Waals surface area contributed by atoms with Crippen LogP contribution >= 0.6 is 0 Å². The Labute approximate surface area is 150 Å². The van der Waals surface area contributed by atoms with Crippen molar-refractivity contribution in [2.75, 3.05) is 20.7 Å². The molecule has 0 radical (unpaired) electrons. The van der Waals surface area contributed by atoms with Gasteiger partial charge in [0.2, 0.25) is 0 Å². The van der Waals surface area contributed by atoms with E-state index in [0.717, 1.165) is 0 Å². The summed E-state index contributed by atoms with van der Waals surface area (Å²) >= 11 is 0. The Morgan fingerprint density at radius 1 is 1.31 bits per heavy atom. The van der Waals surface area contributed by atoms with Crippen molar-refractivity contribution < 1.29 is 23.8 Å². The highest BCUT2D eigenvalue weighted by Gasteiger charge is 2.24. The average Bonchev–Trinajstić information content (AvgIpc) is 3.17. The summed E-state index contributed by atoms with van der Waals surface area (Å²) in [6, 6.07) is 5.38. The van der Waals surface area contributed by atoms with E-state index in [2.05, 4.69) is 20.1 Å². The van der Waals surface area contributed by atoms with Crippen LogP contribution in [-0.4, -0.2) is 48.6 Å². The number of amides is 1. The molecule has 2 rings (SSSR count). The van der Waals surface area contributed by atoms with E-state index in [1.807, 2.05) is 0 Å². The van der Waals surface area contributed by atoms with E-state index in [0.29, 0.717) is 16.9 Å². The van der Waals surface area contributed by atoms with Crippen LogP contribution in [0.3, 0.4) is 0 Å². The number of benzene rings is 1. The van der Waals surface area contributed by atoms with Crippen molar-refractivity contribution in [1.82, 2.24) is 15.3 Å². The Kier molecular flexibility index (Phi) is 7.30. The third-order valence-corrected chi connectivity index (χ3v) is 3.33. The summed E-state index contributed by atoms with van der Waals surface area (Å²) in [6.07, 6.45) is 3.23. The largest absolute Gasteiger partial charge is 0.437 e. The van der Waals surface area contributed by atoms with Crippen LogP contribution in [0.15, 0.2) is 36.8 Å². The van der Waals surface area contributed by atoms with Gasteiger partial charge >= 0.3 is 11.7 Å². The minimum absolute atomic E-state index is 0.0105. The molecule has 1 heterocycles. The molecule has 26 heavy (non-hydrogen) atoms. The molecule has 1 aromatic heterocycles. The number of H-pyrrole nitrogens is 1. The van der Waals surface area contributed by atoms with Gasteiger partial charge in [-0.25, -0.2) is 9.78 Å². The standard InChI is InChI=1S/C17H18N4O5/c1-18-13-5-3-12(4-6-13)16(22)21-15(7-14-8-19-9-20-14)17(23)26-11-25-10-24-2/h1,3-6,8-9,15H,7,10-11H2,2H3,(H-,19,20,21,22)/p+1/t15-/m1/s1. The number of carbonyl (C=O) groups excluding carboxylic acids is 2. The van der Waals surface area contributed by atoms with Crippen molar-refractivity contribution in [3.63, 3.8) is 0 Å². The predicted octanol–water partition coefficient (Wildman–Crippen LogP) is 1.47. The number of nitrogens with one attached hydrogen (secondary N) is 2. The highest BCUT2D eigenvalue weighted by molar-refractivity contribution is 5.97. The SMILES string of the molecule is C#[N+]c1ccc(C(=O)N[C@H](Cc2cnc[nH]2)C(=O)OCOCOC)cc1. The monoisotopic (exact) mass is 359 g/mol. The van der Waals surface area contributed by atoms with Crippen LogP contribution in [0.4, 0.5) is 5.69 Å². The fraction of sp³-hybridized carbons (Fsp3) is 0.294. The van der Waals surface area contributed by atoms with Gasteiger partial charge in [0.25, 0.3) is 12.5 Å². The quantitative estimate of drug-likeness (QED) is 0.399. The van der Waals surface area contributed by atoms with Gasteiger partial charge < -0.3 is 24.5 Å². The Morgan fingerprint density at radius 3 is 2.69 bits per heavy atom. The number of rotatable bonds is 9. The Morgan fingerprint density at radius 2 is 2.08 bits per heavy atom. The Hall–Kier alpha value is -3.22. The maximum atomic E-state index is 12.4. The number of carbonyl (C=O) groups is 2. The maximum Gasteiger partial charge on any atom is 0.339 e. The van der Waals surface area contributed by atoms with E-state index in [4.69, 9.17) is 20.8 Å². The fourth-order valence-electron chi connectivity index (χ4n) is 2.07. The zero-order valence-corrected chi connectivity index (χ0v) is 14.2. The Bertz CT molecular complexity index is 752. The normalized spacial score (nSPS) is 11.4. The molecule has 0 saturated carbocycles. The third-order valence-electron chi connectivity index (χ3n) is 3.33. The predicted molar refractivity (Wildman–Crippen MR) is 91.9 cm³/mol. The number of esters is 1. The number of hydrogen-bond donors (Lipinski definition) is 2. The molecular weight excluding hydrogens is 340 g/mol. The number of methoxy groups -OCH3 is 1. The molecule has 0 fully saturated rings. The van der Waals surface area contributed by atoms with Crippen molar-refractivity contribution in [3.05, 3.63) is 52.9 Å². The summed E-state index contributed by atoms with van der Waals surface area (Å²) < 4.78 is 14.6. The molecule has 2 N–H and O–H groups in total. The lowest BCUT2D eigenvalue weighted by molar-refractivity contribution is -0.167. The summed E-state index contributed by atoms with van der Waals surface area (Å²) in [4.78, 5) is 35.0. The lowest BCUT2D eigenvalue weighted by Crippen LogP contribution is -2.43. The number of nitrogens with zero attached hydrogens (tertiary/aromatic N) is 2. The first kappa shape index (κ1) is 19.1. The molecule has 0 saturated heterocycles. The first-order chi connectivity index (χ1) is 12.6. The molecule has 136 valence electrons. The van der Waals surface area contributed by atoms with Gasteiger partial charge in [0.15, 0.2) is 6.79 Å². The Balaban J connectivity index is 2.03. The van der Waals surface area contributed by atoms with E-state index in [1.165, 1.54) is 13.4 Å². The van der Waals surface area contributed by atoms with Crippen LogP contribution in [-0.2, 0) is 25.4 Å². The lowest BCUT2D eigenvalue weighted by Gasteiger charge is -2.17. The number of aromatic amines is 1. The minimum atomic E-state index is -0.923. The van der Waals surface area contributed by atoms with Crippen LogP contribution in [0, 0.1) is 6.57 Å². The van der Waals surface area contributed by atoms with Gasteiger partial charge in [-0.1, -0.05) is 0 Å². The number of ether oxygens (including phenoxy) is 3. The molecule has 2 aromatic rings. The number of hydrogen-bond acceptors (Lipinski definition) is 6. The average molecular weight is 359 g/mol. The minimum Gasteiger partial charge on any atom is -0.437 e. The second-order valence-electron chi connectivity index (χ2n) is 5.17.